The highest BCUT2D eigenvalue weighted by Gasteiger charge is 2.22. The maximum absolute atomic E-state index is 11.6. The van der Waals surface area contributed by atoms with Crippen LogP contribution < -0.4 is 0 Å². The Morgan fingerprint density at radius 3 is 2.12 bits per heavy atom. The van der Waals surface area contributed by atoms with Gasteiger partial charge in [0.15, 0.2) is 0 Å². The van der Waals surface area contributed by atoms with E-state index in [1.807, 2.05) is 24.3 Å². The number of nitrogens with one attached hydrogen (secondary N) is 1. The van der Waals surface area contributed by atoms with Crippen LogP contribution in [0.2, 0.25) is 0 Å². The van der Waals surface area contributed by atoms with E-state index in [9.17, 15) is 9.90 Å². The van der Waals surface area contributed by atoms with Crippen molar-refractivity contribution in [2.75, 3.05) is 0 Å². The molecule has 0 amide bonds. The number of carbonyl (C=O) groups is 1. The second-order valence-electron chi connectivity index (χ2n) is 7.35. The van der Waals surface area contributed by atoms with E-state index in [0.29, 0.717) is 12.2 Å². The van der Waals surface area contributed by atoms with Gasteiger partial charge in [0.25, 0.3) is 0 Å². The number of carboxylic acids is 1. The van der Waals surface area contributed by atoms with E-state index in [2.05, 4.69) is 16.9 Å². The topological polar surface area (TPSA) is 66.0 Å². The molecule has 0 fully saturated rings. The van der Waals surface area contributed by atoms with Gasteiger partial charge in [-0.25, -0.2) is 4.98 Å². The molecule has 26 heavy (non-hydrogen) atoms. The standard InChI is InChI=1S/C22H34N2O2/c1-2-3-4-5-6-7-8-9-10-11-12-15-18(22(25)26)21-23-19-16-13-14-17-20(19)24-21/h13-14,16-18H,2-12,15H2,1H3,(H,23,24)(H,25,26). The van der Waals surface area contributed by atoms with Crippen LogP contribution in [-0.2, 0) is 4.79 Å². The van der Waals surface area contributed by atoms with Crippen LogP contribution in [0, 0.1) is 0 Å². The number of aromatic amines is 1. The van der Waals surface area contributed by atoms with Crippen molar-refractivity contribution in [3.8, 4) is 0 Å². The molecule has 0 aliphatic rings. The summed E-state index contributed by atoms with van der Waals surface area (Å²) >= 11 is 0. The number of imidazole rings is 1. The SMILES string of the molecule is CCCCCCCCCCCCCC(C(=O)O)c1nc2ccccc2[nH]1. The van der Waals surface area contributed by atoms with Crippen molar-refractivity contribution in [2.45, 2.75) is 89.9 Å². The maximum Gasteiger partial charge on any atom is 0.314 e. The average molecular weight is 359 g/mol. The largest absolute Gasteiger partial charge is 0.481 e. The summed E-state index contributed by atoms with van der Waals surface area (Å²) in [7, 11) is 0. The Bertz CT molecular complexity index is 617. The van der Waals surface area contributed by atoms with Gasteiger partial charge in [-0.1, -0.05) is 89.7 Å². The van der Waals surface area contributed by atoms with Crippen molar-refractivity contribution in [2.24, 2.45) is 0 Å². The summed E-state index contributed by atoms with van der Waals surface area (Å²) in [5, 5.41) is 9.55. The van der Waals surface area contributed by atoms with Crippen molar-refractivity contribution in [1.82, 2.24) is 9.97 Å². The van der Waals surface area contributed by atoms with E-state index in [-0.39, 0.29) is 0 Å². The van der Waals surface area contributed by atoms with Crippen LogP contribution in [0.15, 0.2) is 24.3 Å². The van der Waals surface area contributed by atoms with Crippen LogP contribution in [0.4, 0.5) is 0 Å². The second-order valence-corrected chi connectivity index (χ2v) is 7.35. The van der Waals surface area contributed by atoms with Crippen molar-refractivity contribution < 1.29 is 9.90 Å². The number of fused-ring (bicyclic) bond motifs is 1. The van der Waals surface area contributed by atoms with Crippen LogP contribution in [0.5, 0.6) is 0 Å². The Morgan fingerprint density at radius 2 is 1.54 bits per heavy atom. The lowest BCUT2D eigenvalue weighted by Crippen LogP contribution is -2.13. The van der Waals surface area contributed by atoms with E-state index in [0.717, 1.165) is 23.9 Å². The predicted molar refractivity (Wildman–Crippen MR) is 108 cm³/mol. The highest BCUT2D eigenvalue weighted by molar-refractivity contribution is 5.79. The van der Waals surface area contributed by atoms with Gasteiger partial charge in [0, 0.05) is 0 Å². The number of para-hydroxylation sites is 2. The van der Waals surface area contributed by atoms with Crippen LogP contribution >= 0.6 is 0 Å². The van der Waals surface area contributed by atoms with Gasteiger partial charge in [-0.05, 0) is 18.6 Å². The lowest BCUT2D eigenvalue weighted by atomic mass is 9.99. The quantitative estimate of drug-likeness (QED) is 0.382. The van der Waals surface area contributed by atoms with E-state index < -0.39 is 11.9 Å². The fraction of sp³-hybridized carbons (Fsp3) is 0.636. The molecule has 0 aliphatic carbocycles. The van der Waals surface area contributed by atoms with Crippen molar-refractivity contribution in [3.05, 3.63) is 30.1 Å². The minimum absolute atomic E-state index is 0.527. The number of nitrogens with zero attached hydrogens (tertiary/aromatic N) is 1. The van der Waals surface area contributed by atoms with Crippen LogP contribution in [0.3, 0.4) is 0 Å². The van der Waals surface area contributed by atoms with Crippen LogP contribution in [-0.4, -0.2) is 21.0 Å². The van der Waals surface area contributed by atoms with Gasteiger partial charge >= 0.3 is 5.97 Å². The fourth-order valence-electron chi connectivity index (χ4n) is 3.53. The van der Waals surface area contributed by atoms with E-state index in [4.69, 9.17) is 0 Å². The zero-order valence-corrected chi connectivity index (χ0v) is 16.2. The number of hydrogen-bond donors (Lipinski definition) is 2. The predicted octanol–water partition coefficient (Wildman–Crippen LogP) is 6.43. The molecule has 2 rings (SSSR count). The number of benzene rings is 1. The first-order chi connectivity index (χ1) is 12.7. The van der Waals surface area contributed by atoms with Crippen molar-refractivity contribution in [3.63, 3.8) is 0 Å². The molecule has 4 nitrogen and oxygen atoms in total. The molecule has 0 spiro atoms. The van der Waals surface area contributed by atoms with Gasteiger partial charge < -0.3 is 10.1 Å². The number of carboxylic acid groups (broad SMARTS) is 1. The summed E-state index contributed by atoms with van der Waals surface area (Å²) in [6, 6.07) is 7.71. The van der Waals surface area contributed by atoms with E-state index in [1.165, 1.54) is 57.8 Å². The summed E-state index contributed by atoms with van der Waals surface area (Å²) in [5.74, 6) is -0.720. The zero-order chi connectivity index (χ0) is 18.6. The van der Waals surface area contributed by atoms with E-state index >= 15 is 0 Å². The maximum atomic E-state index is 11.6. The monoisotopic (exact) mass is 358 g/mol. The molecule has 0 saturated carbocycles. The van der Waals surface area contributed by atoms with Crippen molar-refractivity contribution >= 4 is 17.0 Å². The van der Waals surface area contributed by atoms with Gasteiger partial charge in [-0.2, -0.15) is 0 Å². The summed E-state index contributed by atoms with van der Waals surface area (Å²) in [6.45, 7) is 2.25. The number of rotatable bonds is 14. The molecule has 1 aromatic heterocycles. The number of unbranched alkanes of at least 4 members (excludes halogenated alkanes) is 10. The van der Waals surface area contributed by atoms with Crippen molar-refractivity contribution in [1.29, 1.82) is 0 Å². The summed E-state index contributed by atoms with van der Waals surface area (Å²) in [4.78, 5) is 19.3. The molecule has 0 aliphatic heterocycles. The molecule has 1 unspecified atom stereocenters. The molecule has 0 saturated heterocycles. The van der Waals surface area contributed by atoms with Gasteiger partial charge in [-0.15, -0.1) is 0 Å². The van der Waals surface area contributed by atoms with Crippen LogP contribution in [0.25, 0.3) is 11.0 Å². The van der Waals surface area contributed by atoms with E-state index in [1.54, 1.807) is 0 Å². The molecule has 4 heteroatoms. The van der Waals surface area contributed by atoms with Gasteiger partial charge in [0.05, 0.1) is 11.0 Å². The molecule has 1 heterocycles. The zero-order valence-electron chi connectivity index (χ0n) is 16.2. The molecule has 0 radical (unpaired) electrons. The molecule has 1 atom stereocenters. The summed E-state index contributed by atoms with van der Waals surface area (Å²) in [6.07, 6.45) is 14.7. The van der Waals surface area contributed by atoms with Gasteiger partial charge in [0.1, 0.15) is 11.7 Å². The lowest BCUT2D eigenvalue weighted by molar-refractivity contribution is -0.139. The molecule has 1 aromatic carbocycles. The van der Waals surface area contributed by atoms with Gasteiger partial charge in [0.2, 0.25) is 0 Å². The van der Waals surface area contributed by atoms with Gasteiger partial charge in [-0.3, -0.25) is 4.79 Å². The molecular formula is C22H34N2O2. The van der Waals surface area contributed by atoms with Crippen LogP contribution in [0.1, 0.15) is 95.7 Å². The lowest BCUT2D eigenvalue weighted by Gasteiger charge is -2.09. The molecule has 0 bridgehead atoms. The average Bonchev–Trinajstić information content (AvgIpc) is 3.06. The first-order valence-corrected chi connectivity index (χ1v) is 10.4. The highest BCUT2D eigenvalue weighted by atomic mass is 16.4. The summed E-state index contributed by atoms with van der Waals surface area (Å²) < 4.78 is 0. The smallest absolute Gasteiger partial charge is 0.314 e. The number of aromatic nitrogens is 2. The number of aliphatic carboxylic acids is 1. The highest BCUT2D eigenvalue weighted by Crippen LogP contribution is 2.23. The third-order valence-corrected chi connectivity index (χ3v) is 5.13. The molecule has 2 N–H and O–H groups in total. The summed E-state index contributed by atoms with van der Waals surface area (Å²) in [5.41, 5.74) is 1.75. The number of H-pyrrole nitrogens is 1. The minimum Gasteiger partial charge on any atom is -0.481 e. The Kier molecular flexibility index (Phi) is 9.22. The normalized spacial score (nSPS) is 12.5. The Hall–Kier alpha value is -1.84. The molecule has 2 aromatic rings. The minimum atomic E-state index is -0.781. The first kappa shape index (κ1) is 20.5. The molecule has 144 valence electrons. The molecular weight excluding hydrogens is 324 g/mol. The third-order valence-electron chi connectivity index (χ3n) is 5.13. The third kappa shape index (κ3) is 6.81. The number of hydrogen-bond acceptors (Lipinski definition) is 2. The Labute approximate surface area is 157 Å². The first-order valence-electron chi connectivity index (χ1n) is 10.4. The fourth-order valence-corrected chi connectivity index (χ4v) is 3.53. The Morgan fingerprint density at radius 1 is 0.962 bits per heavy atom. The second kappa shape index (κ2) is 11.7. The Balaban J connectivity index is 1.63.